The summed E-state index contributed by atoms with van der Waals surface area (Å²) in [6, 6.07) is 14.1. The number of nitrogens with one attached hydrogen (secondary N) is 1. The summed E-state index contributed by atoms with van der Waals surface area (Å²) in [6.07, 6.45) is 2.17. The lowest BCUT2D eigenvalue weighted by Crippen LogP contribution is -2.51. The summed E-state index contributed by atoms with van der Waals surface area (Å²) in [5, 5.41) is 10.3. The summed E-state index contributed by atoms with van der Waals surface area (Å²) in [6.45, 7) is 1.63. The number of amides is 2. The van der Waals surface area contributed by atoms with Crippen molar-refractivity contribution in [2.24, 2.45) is 0 Å². The summed E-state index contributed by atoms with van der Waals surface area (Å²) >= 11 is 0. The number of para-hydroxylation sites is 1. The van der Waals surface area contributed by atoms with Crippen molar-refractivity contribution >= 4 is 28.7 Å². The van der Waals surface area contributed by atoms with Crippen LogP contribution in [0, 0.1) is 0 Å². The molecule has 2 N–H and O–H groups in total. The summed E-state index contributed by atoms with van der Waals surface area (Å²) in [4.78, 5) is 43.4. The highest BCUT2D eigenvalue weighted by Gasteiger charge is 2.27. The van der Waals surface area contributed by atoms with Crippen LogP contribution in [0.2, 0.25) is 0 Å². The number of H-pyrrole nitrogens is 1. The second-order valence-corrected chi connectivity index (χ2v) is 7.06. The Hall–Kier alpha value is -3.61. The van der Waals surface area contributed by atoms with Crippen molar-refractivity contribution < 1.29 is 19.5 Å². The Labute approximate surface area is 167 Å². The van der Waals surface area contributed by atoms with E-state index in [4.69, 9.17) is 0 Å². The van der Waals surface area contributed by atoms with Crippen LogP contribution in [0.1, 0.15) is 26.3 Å². The fourth-order valence-corrected chi connectivity index (χ4v) is 3.74. The van der Waals surface area contributed by atoms with E-state index in [1.807, 2.05) is 30.5 Å². The summed E-state index contributed by atoms with van der Waals surface area (Å²) in [5.74, 6) is -1.42. The van der Waals surface area contributed by atoms with Gasteiger partial charge in [0.15, 0.2) is 0 Å². The molecule has 3 aromatic rings. The average Bonchev–Trinajstić information content (AvgIpc) is 3.16. The zero-order chi connectivity index (χ0) is 20.4. The molecule has 1 saturated heterocycles. The Bertz CT molecular complexity index is 1080. The van der Waals surface area contributed by atoms with Crippen molar-refractivity contribution in [3.05, 3.63) is 71.4 Å². The highest BCUT2D eigenvalue weighted by molar-refractivity contribution is 6.04. The normalized spacial score (nSPS) is 14.2. The molecule has 7 nitrogen and oxygen atoms in total. The zero-order valence-corrected chi connectivity index (χ0v) is 15.8. The molecule has 4 rings (SSSR count). The van der Waals surface area contributed by atoms with Gasteiger partial charge in [-0.05, 0) is 23.8 Å². The van der Waals surface area contributed by atoms with Crippen LogP contribution in [-0.2, 0) is 11.2 Å². The van der Waals surface area contributed by atoms with Gasteiger partial charge in [0, 0.05) is 43.3 Å². The molecule has 7 heteroatoms. The Morgan fingerprint density at radius 3 is 2.21 bits per heavy atom. The first-order chi connectivity index (χ1) is 14.0. The van der Waals surface area contributed by atoms with Gasteiger partial charge >= 0.3 is 5.97 Å². The van der Waals surface area contributed by atoms with Gasteiger partial charge < -0.3 is 19.9 Å². The minimum Gasteiger partial charge on any atom is -0.478 e. The van der Waals surface area contributed by atoms with Crippen LogP contribution in [0.25, 0.3) is 10.9 Å². The number of aromatic amines is 1. The molecule has 148 valence electrons. The van der Waals surface area contributed by atoms with Gasteiger partial charge in [-0.2, -0.15) is 0 Å². The van der Waals surface area contributed by atoms with E-state index in [0.29, 0.717) is 32.6 Å². The largest absolute Gasteiger partial charge is 0.478 e. The number of fused-ring (bicyclic) bond motifs is 1. The number of nitrogens with zero attached hydrogens (tertiary/aromatic N) is 2. The van der Waals surface area contributed by atoms with E-state index < -0.39 is 5.97 Å². The molecule has 2 aromatic carbocycles. The van der Waals surface area contributed by atoms with Gasteiger partial charge in [0.05, 0.1) is 17.5 Å². The summed E-state index contributed by atoms with van der Waals surface area (Å²) in [7, 11) is 0. The van der Waals surface area contributed by atoms with Crippen LogP contribution >= 0.6 is 0 Å². The predicted molar refractivity (Wildman–Crippen MR) is 108 cm³/mol. The van der Waals surface area contributed by atoms with Crippen molar-refractivity contribution in [3.8, 4) is 0 Å². The molecule has 1 fully saturated rings. The molecular formula is C22H21N3O4. The van der Waals surface area contributed by atoms with Gasteiger partial charge in [-0.1, -0.05) is 30.3 Å². The zero-order valence-electron chi connectivity index (χ0n) is 15.8. The monoisotopic (exact) mass is 391 g/mol. The van der Waals surface area contributed by atoms with Crippen LogP contribution in [0.5, 0.6) is 0 Å². The molecule has 2 amide bonds. The van der Waals surface area contributed by atoms with E-state index in [1.165, 1.54) is 12.1 Å². The first kappa shape index (κ1) is 18.7. The van der Waals surface area contributed by atoms with Crippen LogP contribution in [0.15, 0.2) is 54.7 Å². The molecule has 2 heterocycles. The maximum absolute atomic E-state index is 12.8. The van der Waals surface area contributed by atoms with Crippen molar-refractivity contribution in [3.63, 3.8) is 0 Å². The lowest BCUT2D eigenvalue weighted by atomic mass is 10.1. The number of aromatic carboxylic acids is 1. The highest BCUT2D eigenvalue weighted by atomic mass is 16.4. The van der Waals surface area contributed by atoms with Crippen LogP contribution in [0.3, 0.4) is 0 Å². The molecule has 0 radical (unpaired) electrons. The third-order valence-electron chi connectivity index (χ3n) is 5.32. The Balaban J connectivity index is 1.40. The molecule has 0 unspecified atom stereocenters. The van der Waals surface area contributed by atoms with E-state index in [9.17, 15) is 19.5 Å². The molecule has 0 saturated carbocycles. The standard InChI is InChI=1S/C22H21N3O4/c26-20(13-15-14-23-19-8-4-3-5-16(15)19)24-9-11-25(12-10-24)21(27)17-6-1-2-7-18(17)22(28)29/h1-8,14,23H,9-13H2,(H,28,29). The van der Waals surface area contributed by atoms with E-state index in [1.54, 1.807) is 21.9 Å². The number of benzene rings is 2. The fourth-order valence-electron chi connectivity index (χ4n) is 3.74. The third-order valence-corrected chi connectivity index (χ3v) is 5.32. The minimum atomic E-state index is -1.12. The van der Waals surface area contributed by atoms with Crippen molar-refractivity contribution in [2.75, 3.05) is 26.2 Å². The quantitative estimate of drug-likeness (QED) is 0.714. The predicted octanol–water partition coefficient (Wildman–Crippen LogP) is 2.39. The molecule has 0 atom stereocenters. The van der Waals surface area contributed by atoms with Gasteiger partial charge in [-0.3, -0.25) is 9.59 Å². The molecule has 0 bridgehead atoms. The third kappa shape index (κ3) is 3.71. The Morgan fingerprint density at radius 2 is 1.48 bits per heavy atom. The highest BCUT2D eigenvalue weighted by Crippen LogP contribution is 2.19. The van der Waals surface area contributed by atoms with E-state index >= 15 is 0 Å². The number of aromatic nitrogens is 1. The number of carbonyl (C=O) groups excluding carboxylic acids is 2. The molecular weight excluding hydrogens is 370 g/mol. The smallest absolute Gasteiger partial charge is 0.336 e. The van der Waals surface area contributed by atoms with Crippen LogP contribution in [0.4, 0.5) is 0 Å². The van der Waals surface area contributed by atoms with Gasteiger partial charge in [0.1, 0.15) is 0 Å². The lowest BCUT2D eigenvalue weighted by molar-refractivity contribution is -0.131. The van der Waals surface area contributed by atoms with E-state index in [-0.39, 0.29) is 22.9 Å². The number of carbonyl (C=O) groups is 3. The molecule has 0 spiro atoms. The first-order valence-corrected chi connectivity index (χ1v) is 9.49. The number of hydrogen-bond acceptors (Lipinski definition) is 3. The molecule has 1 aromatic heterocycles. The van der Waals surface area contributed by atoms with E-state index in [0.717, 1.165) is 16.5 Å². The van der Waals surface area contributed by atoms with Crippen molar-refractivity contribution in [1.82, 2.24) is 14.8 Å². The second kappa shape index (κ2) is 7.79. The topological polar surface area (TPSA) is 93.7 Å². The number of carboxylic acid groups (broad SMARTS) is 1. The van der Waals surface area contributed by atoms with E-state index in [2.05, 4.69) is 4.98 Å². The van der Waals surface area contributed by atoms with Gasteiger partial charge in [-0.25, -0.2) is 4.79 Å². The Kier molecular flexibility index (Phi) is 5.03. The van der Waals surface area contributed by atoms with Crippen molar-refractivity contribution in [2.45, 2.75) is 6.42 Å². The fraction of sp³-hybridized carbons (Fsp3) is 0.227. The average molecular weight is 391 g/mol. The number of rotatable bonds is 4. The van der Waals surface area contributed by atoms with Crippen LogP contribution in [-0.4, -0.2) is 63.9 Å². The maximum Gasteiger partial charge on any atom is 0.336 e. The van der Waals surface area contributed by atoms with Crippen LogP contribution < -0.4 is 0 Å². The molecule has 1 aliphatic heterocycles. The lowest BCUT2D eigenvalue weighted by Gasteiger charge is -2.35. The number of piperazine rings is 1. The second-order valence-electron chi connectivity index (χ2n) is 7.06. The molecule has 29 heavy (non-hydrogen) atoms. The van der Waals surface area contributed by atoms with Gasteiger partial charge in [-0.15, -0.1) is 0 Å². The van der Waals surface area contributed by atoms with Crippen molar-refractivity contribution in [1.29, 1.82) is 0 Å². The minimum absolute atomic E-state index is 0.00431. The first-order valence-electron chi connectivity index (χ1n) is 9.49. The van der Waals surface area contributed by atoms with Gasteiger partial charge in [0.2, 0.25) is 5.91 Å². The maximum atomic E-state index is 12.8. The number of carboxylic acids is 1. The molecule has 1 aliphatic rings. The number of hydrogen-bond donors (Lipinski definition) is 2. The SMILES string of the molecule is O=C(O)c1ccccc1C(=O)N1CCN(C(=O)Cc2c[nH]c3ccccc23)CC1. The Morgan fingerprint density at radius 1 is 0.862 bits per heavy atom. The van der Waals surface area contributed by atoms with Gasteiger partial charge in [0.25, 0.3) is 5.91 Å². The summed E-state index contributed by atoms with van der Waals surface area (Å²) in [5.41, 5.74) is 2.14. The summed E-state index contributed by atoms with van der Waals surface area (Å²) < 4.78 is 0. The molecule has 0 aliphatic carbocycles.